The lowest BCUT2D eigenvalue weighted by atomic mass is 9.68. The minimum absolute atomic E-state index is 0.0137. The Morgan fingerprint density at radius 1 is 1.15 bits per heavy atom. The number of halogens is 3. The van der Waals surface area contributed by atoms with Gasteiger partial charge in [-0.1, -0.05) is 6.42 Å². The highest BCUT2D eigenvalue weighted by atomic mass is 19.4. The van der Waals surface area contributed by atoms with E-state index in [4.69, 9.17) is 5.26 Å². The molecular weight excluding hydrogens is 623 g/mol. The van der Waals surface area contributed by atoms with Crippen molar-refractivity contribution in [3.8, 4) is 28.6 Å². The number of nitrogens with one attached hydrogen (secondary N) is 1. The van der Waals surface area contributed by atoms with Crippen LogP contribution in [-0.4, -0.2) is 66.4 Å². The number of aliphatic hydroxyl groups excluding tert-OH is 1. The van der Waals surface area contributed by atoms with Crippen molar-refractivity contribution in [2.75, 3.05) is 29.9 Å². The number of aryl methyl sites for hydroxylation is 1. The zero-order valence-corrected chi connectivity index (χ0v) is 26.3. The summed E-state index contributed by atoms with van der Waals surface area (Å²) in [5, 5.41) is 30.4. The monoisotopic (exact) mass is 657 g/mol. The minimum Gasteiger partial charge on any atom is -0.390 e. The highest BCUT2D eigenvalue weighted by Crippen LogP contribution is 2.48. The second-order valence-electron chi connectivity index (χ2n) is 13.1. The van der Waals surface area contributed by atoms with Gasteiger partial charge in [-0.25, -0.2) is 4.98 Å². The summed E-state index contributed by atoms with van der Waals surface area (Å²) >= 11 is 0. The maximum atomic E-state index is 14.5. The maximum Gasteiger partial charge on any atom is 0.416 e. The zero-order chi connectivity index (χ0) is 33.6. The molecule has 1 amide bonds. The molecule has 4 aromatic rings. The van der Waals surface area contributed by atoms with E-state index in [1.807, 2.05) is 6.07 Å². The Balaban J connectivity index is 1.26. The average molecular weight is 658 g/mol. The van der Waals surface area contributed by atoms with Crippen molar-refractivity contribution in [3.05, 3.63) is 71.3 Å². The van der Waals surface area contributed by atoms with Crippen LogP contribution in [0.3, 0.4) is 0 Å². The lowest BCUT2D eigenvalue weighted by Crippen LogP contribution is -2.33. The molecule has 2 fully saturated rings. The number of anilines is 2. The van der Waals surface area contributed by atoms with Crippen molar-refractivity contribution in [2.45, 2.75) is 57.5 Å². The summed E-state index contributed by atoms with van der Waals surface area (Å²) in [4.78, 5) is 26.3. The van der Waals surface area contributed by atoms with E-state index in [1.54, 1.807) is 54.6 Å². The number of rotatable bonds is 9. The molecule has 1 atom stereocenters. The second kappa shape index (κ2) is 12.3. The number of carbonyl (C=O) groups excluding carboxylic acids is 1. The third kappa shape index (κ3) is 5.99. The molecule has 2 N–H and O–H groups in total. The topological polar surface area (TPSA) is 136 Å². The Labute approximate surface area is 275 Å². The molecule has 248 valence electrons. The number of fused-ring (bicyclic) bond motifs is 1. The SMILES string of the molecule is Cn1cnnc1-c1ccncc1-c1cc(NC[C@@H](O)CC#N)nc(N2Cc3c(cc(CN4CCC5(CCC5)C4)cc3C(F)(F)F)C2=O)c1. The molecular formula is C34H34F3N9O2. The fourth-order valence-corrected chi connectivity index (χ4v) is 7.15. The molecule has 0 bridgehead atoms. The van der Waals surface area contributed by atoms with Crippen LogP contribution in [0.4, 0.5) is 24.8 Å². The van der Waals surface area contributed by atoms with Gasteiger partial charge in [0.2, 0.25) is 0 Å². The van der Waals surface area contributed by atoms with Gasteiger partial charge >= 0.3 is 6.18 Å². The first-order chi connectivity index (χ1) is 23.0. The van der Waals surface area contributed by atoms with Gasteiger partial charge in [-0.2, -0.15) is 18.4 Å². The predicted octanol–water partition coefficient (Wildman–Crippen LogP) is 5.18. The van der Waals surface area contributed by atoms with Gasteiger partial charge in [0.05, 0.1) is 30.7 Å². The molecule has 2 aliphatic heterocycles. The van der Waals surface area contributed by atoms with Crippen LogP contribution in [0, 0.1) is 16.7 Å². The van der Waals surface area contributed by atoms with Crippen molar-refractivity contribution < 1.29 is 23.1 Å². The first kappa shape index (κ1) is 31.7. The predicted molar refractivity (Wildman–Crippen MR) is 170 cm³/mol. The van der Waals surface area contributed by atoms with E-state index in [0.29, 0.717) is 40.0 Å². The molecule has 3 aromatic heterocycles. The number of hydrogen-bond acceptors (Lipinski definition) is 9. The highest BCUT2D eigenvalue weighted by Gasteiger charge is 2.44. The van der Waals surface area contributed by atoms with Crippen LogP contribution in [-0.2, 0) is 26.3 Å². The summed E-state index contributed by atoms with van der Waals surface area (Å²) in [7, 11) is 1.79. The molecule has 7 rings (SSSR count). The first-order valence-corrected chi connectivity index (χ1v) is 15.9. The lowest BCUT2D eigenvalue weighted by molar-refractivity contribution is -0.138. The smallest absolute Gasteiger partial charge is 0.390 e. The van der Waals surface area contributed by atoms with Gasteiger partial charge < -0.3 is 15.0 Å². The molecule has 3 aliphatic rings. The van der Waals surface area contributed by atoms with Crippen LogP contribution < -0.4 is 10.2 Å². The fourth-order valence-electron chi connectivity index (χ4n) is 7.15. The Morgan fingerprint density at radius 2 is 1.98 bits per heavy atom. The normalized spacial score (nSPS) is 17.8. The summed E-state index contributed by atoms with van der Waals surface area (Å²) in [5.74, 6) is 0.360. The van der Waals surface area contributed by atoms with Gasteiger partial charge in [-0.3, -0.25) is 19.6 Å². The standard InChI is InChI=1S/C34H34F3N9O2/c1-44-20-41-43-31(44)24-4-9-39-16-26(24)22-13-29(40-15-23(47)3-8-38)42-30(14-22)46-18-27-25(32(46)48)11-21(12-28(27)34(35,36)37)17-45-10-7-33(19-45)5-2-6-33/h4,9,11-14,16,20,23,47H,2-3,5-7,10,15,17-19H2,1H3,(H,40,42)/t23-/m0/s1. The van der Waals surface area contributed by atoms with Gasteiger partial charge in [-0.15, -0.1) is 10.2 Å². The van der Waals surface area contributed by atoms with Crippen LogP contribution in [0.15, 0.2) is 49.1 Å². The van der Waals surface area contributed by atoms with Gasteiger partial charge in [0, 0.05) is 55.8 Å². The Bertz CT molecular complexity index is 1910. The van der Waals surface area contributed by atoms with Crippen LogP contribution in [0.2, 0.25) is 0 Å². The average Bonchev–Trinajstić information content (AvgIpc) is 3.76. The van der Waals surface area contributed by atoms with E-state index >= 15 is 0 Å². The fraction of sp³-hybridized carbons (Fsp3) is 0.412. The van der Waals surface area contributed by atoms with Crippen molar-refractivity contribution in [1.29, 1.82) is 5.26 Å². The number of carbonyl (C=O) groups is 1. The summed E-state index contributed by atoms with van der Waals surface area (Å²) < 4.78 is 45.4. The summed E-state index contributed by atoms with van der Waals surface area (Å²) in [6.07, 6.45) is 3.61. The van der Waals surface area contributed by atoms with E-state index in [9.17, 15) is 23.1 Å². The summed E-state index contributed by atoms with van der Waals surface area (Å²) in [6, 6.07) is 9.80. The molecule has 1 aromatic carbocycles. The molecule has 0 radical (unpaired) electrons. The Kier molecular flexibility index (Phi) is 8.13. The van der Waals surface area contributed by atoms with Crippen molar-refractivity contribution in [3.63, 3.8) is 0 Å². The molecule has 1 spiro atoms. The number of pyridine rings is 2. The lowest BCUT2D eigenvalue weighted by Gasteiger charge is -2.38. The zero-order valence-electron chi connectivity index (χ0n) is 26.3. The Morgan fingerprint density at radius 3 is 2.67 bits per heavy atom. The molecule has 1 aliphatic carbocycles. The van der Waals surface area contributed by atoms with Crippen LogP contribution >= 0.6 is 0 Å². The van der Waals surface area contributed by atoms with Crippen LogP contribution in [0.5, 0.6) is 0 Å². The van der Waals surface area contributed by atoms with E-state index in [0.717, 1.165) is 32.4 Å². The maximum absolute atomic E-state index is 14.5. The van der Waals surface area contributed by atoms with Gasteiger partial charge in [0.25, 0.3) is 5.91 Å². The third-order valence-electron chi connectivity index (χ3n) is 9.76. The first-order valence-electron chi connectivity index (χ1n) is 15.9. The number of hydrogen-bond donors (Lipinski definition) is 2. The van der Waals surface area contributed by atoms with Crippen molar-refractivity contribution in [1.82, 2.24) is 29.6 Å². The van der Waals surface area contributed by atoms with Gasteiger partial charge in [0.1, 0.15) is 18.0 Å². The van der Waals surface area contributed by atoms with Gasteiger partial charge in [0.15, 0.2) is 5.82 Å². The molecule has 0 unspecified atom stereocenters. The van der Waals surface area contributed by atoms with Crippen molar-refractivity contribution >= 4 is 17.5 Å². The van der Waals surface area contributed by atoms with E-state index in [-0.39, 0.29) is 42.3 Å². The molecule has 14 heteroatoms. The Hall–Kier alpha value is -4.87. The molecule has 1 saturated heterocycles. The number of benzene rings is 1. The number of aromatic nitrogens is 5. The largest absolute Gasteiger partial charge is 0.416 e. The van der Waals surface area contributed by atoms with E-state index < -0.39 is 23.8 Å². The molecule has 48 heavy (non-hydrogen) atoms. The summed E-state index contributed by atoms with van der Waals surface area (Å²) in [5.41, 5.74) is 1.75. The highest BCUT2D eigenvalue weighted by molar-refractivity contribution is 6.10. The minimum atomic E-state index is -4.66. The number of nitriles is 1. The van der Waals surface area contributed by atoms with Crippen LogP contribution in [0.1, 0.15) is 59.2 Å². The second-order valence-corrected chi connectivity index (χ2v) is 13.1. The number of alkyl halides is 3. The number of aliphatic hydroxyl groups is 1. The number of amides is 1. The van der Waals surface area contributed by atoms with E-state index in [1.165, 1.54) is 17.4 Å². The number of likely N-dealkylation sites (tertiary alicyclic amines) is 1. The quantitative estimate of drug-likeness (QED) is 0.250. The molecule has 11 nitrogen and oxygen atoms in total. The molecule has 1 saturated carbocycles. The summed E-state index contributed by atoms with van der Waals surface area (Å²) in [6.45, 7) is 1.72. The number of nitrogens with zero attached hydrogens (tertiary/aromatic N) is 8. The van der Waals surface area contributed by atoms with Gasteiger partial charge in [-0.05, 0) is 78.2 Å². The third-order valence-corrected chi connectivity index (χ3v) is 9.76. The van der Waals surface area contributed by atoms with E-state index in [2.05, 4.69) is 30.4 Å². The van der Waals surface area contributed by atoms with Crippen molar-refractivity contribution in [2.24, 2.45) is 12.5 Å². The van der Waals surface area contributed by atoms with Crippen LogP contribution in [0.25, 0.3) is 22.5 Å². The molecule has 5 heterocycles.